The molecule has 18 heavy (non-hydrogen) atoms. The molecule has 0 amide bonds. The lowest BCUT2D eigenvalue weighted by Gasteiger charge is -2.07. The molecule has 0 radical (unpaired) electrons. The molecule has 6 nitrogen and oxygen atoms in total. The molecule has 0 saturated carbocycles. The van der Waals surface area contributed by atoms with Crippen LogP contribution in [0.15, 0.2) is 34.7 Å². The van der Waals surface area contributed by atoms with Gasteiger partial charge in [0.05, 0.1) is 4.90 Å². The maximum Gasteiger partial charge on any atom is 0.339 e. The Bertz CT molecular complexity index is 596. The van der Waals surface area contributed by atoms with Gasteiger partial charge in [-0.05, 0) is 18.2 Å². The number of benzene rings is 1. The molecule has 0 spiro atoms. The zero-order valence-corrected chi connectivity index (χ0v) is 10.6. The molecular formula is C10H10ClNO5S. The molecule has 0 aliphatic rings. The van der Waals surface area contributed by atoms with E-state index in [1.165, 1.54) is 0 Å². The lowest BCUT2D eigenvalue weighted by molar-refractivity contribution is 0.0693. The van der Waals surface area contributed by atoms with E-state index in [9.17, 15) is 18.3 Å². The van der Waals surface area contributed by atoms with Gasteiger partial charge in [-0.3, -0.25) is 0 Å². The van der Waals surface area contributed by atoms with Crippen LogP contribution in [0.5, 0.6) is 5.75 Å². The quantitative estimate of drug-likeness (QED) is 0.754. The van der Waals surface area contributed by atoms with Crippen LogP contribution < -0.4 is 4.72 Å². The Balaban J connectivity index is 3.14. The van der Waals surface area contributed by atoms with E-state index in [0.717, 1.165) is 18.2 Å². The van der Waals surface area contributed by atoms with Crippen LogP contribution in [0.25, 0.3) is 0 Å². The summed E-state index contributed by atoms with van der Waals surface area (Å²) in [6.45, 7) is 3.14. The van der Waals surface area contributed by atoms with Crippen LogP contribution in [0, 0.1) is 0 Å². The monoisotopic (exact) mass is 291 g/mol. The van der Waals surface area contributed by atoms with Gasteiger partial charge < -0.3 is 10.2 Å². The number of carbonyl (C=O) groups is 1. The molecule has 1 rings (SSSR count). The average molecular weight is 292 g/mol. The summed E-state index contributed by atoms with van der Waals surface area (Å²) in [7, 11) is -3.90. The predicted molar refractivity (Wildman–Crippen MR) is 65.2 cm³/mol. The van der Waals surface area contributed by atoms with Gasteiger partial charge in [0.25, 0.3) is 0 Å². The first kappa shape index (κ1) is 14.5. The number of phenols is 1. The third kappa shape index (κ3) is 3.46. The Morgan fingerprint density at radius 1 is 1.44 bits per heavy atom. The minimum absolute atomic E-state index is 0.0933. The Kier molecular flexibility index (Phi) is 4.33. The number of rotatable bonds is 5. The zero-order chi connectivity index (χ0) is 13.9. The molecule has 0 saturated heterocycles. The van der Waals surface area contributed by atoms with E-state index in [1.807, 2.05) is 0 Å². The van der Waals surface area contributed by atoms with Gasteiger partial charge in [0.2, 0.25) is 10.0 Å². The smallest absolute Gasteiger partial charge is 0.339 e. The van der Waals surface area contributed by atoms with Crippen molar-refractivity contribution in [2.75, 3.05) is 6.54 Å². The van der Waals surface area contributed by atoms with Gasteiger partial charge in [-0.25, -0.2) is 17.9 Å². The molecular weight excluding hydrogens is 282 g/mol. The number of sulfonamides is 1. The van der Waals surface area contributed by atoms with Gasteiger partial charge in [0.1, 0.15) is 11.3 Å². The van der Waals surface area contributed by atoms with E-state index in [1.54, 1.807) is 0 Å². The van der Waals surface area contributed by atoms with Crippen LogP contribution in [0.3, 0.4) is 0 Å². The molecule has 1 aromatic rings. The van der Waals surface area contributed by atoms with Gasteiger partial charge in [0, 0.05) is 11.6 Å². The van der Waals surface area contributed by atoms with Crippen molar-refractivity contribution in [1.82, 2.24) is 4.72 Å². The summed E-state index contributed by atoms with van der Waals surface area (Å²) in [6, 6.07) is 2.94. The summed E-state index contributed by atoms with van der Waals surface area (Å²) in [4.78, 5) is 10.5. The summed E-state index contributed by atoms with van der Waals surface area (Å²) < 4.78 is 25.6. The second-order valence-corrected chi connectivity index (χ2v) is 5.63. The third-order valence-corrected chi connectivity index (χ3v) is 3.50. The lowest BCUT2D eigenvalue weighted by Crippen LogP contribution is -2.25. The highest BCUT2D eigenvalue weighted by atomic mass is 35.5. The number of hydrogen-bond acceptors (Lipinski definition) is 4. The minimum Gasteiger partial charge on any atom is -0.507 e. The van der Waals surface area contributed by atoms with E-state index in [4.69, 9.17) is 16.7 Å². The summed E-state index contributed by atoms with van der Waals surface area (Å²) in [6.07, 6.45) is 0. The van der Waals surface area contributed by atoms with Gasteiger partial charge in [-0.15, -0.1) is 0 Å². The highest BCUT2D eigenvalue weighted by Crippen LogP contribution is 2.21. The molecule has 3 N–H and O–H groups in total. The van der Waals surface area contributed by atoms with E-state index in [-0.39, 0.29) is 16.5 Å². The molecule has 0 heterocycles. The molecule has 0 unspecified atom stereocenters. The fourth-order valence-electron chi connectivity index (χ4n) is 1.11. The number of aromatic carboxylic acids is 1. The molecule has 0 aromatic heterocycles. The van der Waals surface area contributed by atoms with Crippen LogP contribution in [0.1, 0.15) is 10.4 Å². The molecule has 1 aromatic carbocycles. The molecule has 8 heteroatoms. The van der Waals surface area contributed by atoms with Crippen molar-refractivity contribution in [3.8, 4) is 5.75 Å². The number of carboxylic acids is 1. The first-order valence-electron chi connectivity index (χ1n) is 4.63. The predicted octanol–water partition coefficient (Wildman–Crippen LogP) is 1.12. The Hall–Kier alpha value is -1.57. The van der Waals surface area contributed by atoms with Crippen molar-refractivity contribution >= 4 is 27.6 Å². The van der Waals surface area contributed by atoms with E-state index in [2.05, 4.69) is 11.3 Å². The molecule has 0 atom stereocenters. The van der Waals surface area contributed by atoms with Gasteiger partial charge in [-0.2, -0.15) is 0 Å². The Morgan fingerprint density at radius 2 is 2.06 bits per heavy atom. The normalized spacial score (nSPS) is 11.2. The topological polar surface area (TPSA) is 104 Å². The number of hydrogen-bond donors (Lipinski definition) is 3. The van der Waals surface area contributed by atoms with Crippen molar-refractivity contribution in [1.29, 1.82) is 0 Å². The van der Waals surface area contributed by atoms with Crippen LogP contribution in [0.4, 0.5) is 0 Å². The van der Waals surface area contributed by atoms with Crippen molar-refractivity contribution in [2.45, 2.75) is 4.90 Å². The Morgan fingerprint density at radius 3 is 2.56 bits per heavy atom. The molecule has 0 aliphatic carbocycles. The molecule has 0 fully saturated rings. The summed E-state index contributed by atoms with van der Waals surface area (Å²) >= 11 is 5.42. The van der Waals surface area contributed by atoms with E-state index < -0.39 is 27.3 Å². The van der Waals surface area contributed by atoms with Crippen LogP contribution in [-0.2, 0) is 10.0 Å². The van der Waals surface area contributed by atoms with Crippen molar-refractivity contribution in [3.63, 3.8) is 0 Å². The molecule has 0 aliphatic heterocycles. The van der Waals surface area contributed by atoms with E-state index >= 15 is 0 Å². The summed E-state index contributed by atoms with van der Waals surface area (Å²) in [5.74, 6) is -1.94. The number of nitrogens with one attached hydrogen (secondary N) is 1. The zero-order valence-electron chi connectivity index (χ0n) is 9.05. The SMILES string of the molecule is C=C(Cl)CNS(=O)(=O)c1ccc(O)c(C(=O)O)c1. The summed E-state index contributed by atoms with van der Waals surface area (Å²) in [5, 5.41) is 18.1. The number of carboxylic acid groups (broad SMARTS) is 1. The number of aromatic hydroxyl groups is 1. The largest absolute Gasteiger partial charge is 0.507 e. The third-order valence-electron chi connectivity index (χ3n) is 1.96. The van der Waals surface area contributed by atoms with Crippen LogP contribution in [-0.4, -0.2) is 31.1 Å². The molecule has 0 bridgehead atoms. The maximum atomic E-state index is 11.7. The second kappa shape index (κ2) is 5.38. The van der Waals surface area contributed by atoms with Gasteiger partial charge in [-0.1, -0.05) is 18.2 Å². The first-order valence-corrected chi connectivity index (χ1v) is 6.49. The first-order chi connectivity index (χ1) is 8.24. The fourth-order valence-corrected chi connectivity index (χ4v) is 2.31. The standard InChI is InChI=1S/C10H10ClNO5S/c1-6(11)5-12-18(16,17)7-2-3-9(13)8(4-7)10(14)15/h2-4,12-13H,1,5H2,(H,14,15). The van der Waals surface area contributed by atoms with Crippen LogP contribution in [0.2, 0.25) is 0 Å². The number of halogens is 1. The minimum atomic E-state index is -3.90. The maximum absolute atomic E-state index is 11.7. The fraction of sp³-hybridized carbons (Fsp3) is 0.100. The van der Waals surface area contributed by atoms with Crippen molar-refractivity contribution in [3.05, 3.63) is 35.4 Å². The highest BCUT2D eigenvalue weighted by Gasteiger charge is 2.18. The van der Waals surface area contributed by atoms with Gasteiger partial charge in [0.15, 0.2) is 0 Å². The Labute approximate surface area is 109 Å². The highest BCUT2D eigenvalue weighted by molar-refractivity contribution is 7.89. The van der Waals surface area contributed by atoms with Crippen LogP contribution >= 0.6 is 11.6 Å². The second-order valence-electron chi connectivity index (χ2n) is 3.33. The summed E-state index contributed by atoms with van der Waals surface area (Å²) in [5.41, 5.74) is -0.498. The van der Waals surface area contributed by atoms with E-state index in [0.29, 0.717) is 0 Å². The lowest BCUT2D eigenvalue weighted by atomic mass is 10.2. The average Bonchev–Trinajstić information content (AvgIpc) is 2.26. The molecule has 98 valence electrons. The van der Waals surface area contributed by atoms with Crippen molar-refractivity contribution < 1.29 is 23.4 Å². The van der Waals surface area contributed by atoms with Gasteiger partial charge >= 0.3 is 5.97 Å². The van der Waals surface area contributed by atoms with Crippen molar-refractivity contribution in [2.24, 2.45) is 0 Å².